The predicted octanol–water partition coefficient (Wildman–Crippen LogP) is -2.60. The molecule has 78 valence electrons. The number of hydrogen-bond donors (Lipinski definition) is 4. The van der Waals surface area contributed by atoms with Gasteiger partial charge in [-0.1, -0.05) is 0 Å². The van der Waals surface area contributed by atoms with E-state index in [9.17, 15) is 15.3 Å². The van der Waals surface area contributed by atoms with E-state index < -0.39 is 30.7 Å². The predicted molar refractivity (Wildman–Crippen MR) is 42.7 cm³/mol. The third-order valence-corrected chi connectivity index (χ3v) is 2.13. The van der Waals surface area contributed by atoms with E-state index >= 15 is 0 Å². The van der Waals surface area contributed by atoms with Crippen LogP contribution in [0, 0.1) is 0 Å². The van der Waals surface area contributed by atoms with Crippen molar-refractivity contribution >= 4 is 0 Å². The van der Waals surface area contributed by atoms with Gasteiger partial charge < -0.3 is 30.5 Å². The van der Waals surface area contributed by atoms with Crippen LogP contribution < -0.4 is 5.73 Å². The summed E-state index contributed by atoms with van der Waals surface area (Å²) in [4.78, 5) is 0. The lowest BCUT2D eigenvalue weighted by molar-refractivity contribution is -0.287. The zero-order chi connectivity index (χ0) is 10.0. The van der Waals surface area contributed by atoms with E-state index in [2.05, 4.69) is 0 Å². The number of aliphatic hydroxyl groups excluding tert-OH is 3. The van der Waals surface area contributed by atoms with E-state index in [1.54, 1.807) is 0 Å². The highest BCUT2D eigenvalue weighted by molar-refractivity contribution is 4.89. The standard InChI is InChI=1S/C7H15NO5/c1-12-7-6(11)5(10)4(9)3(2-8)13-7/h3-7,9-11H,2,8H2,1H3/t3-,4-,5+,6+,7?/m1/s1. The molecule has 0 saturated carbocycles. The van der Waals surface area contributed by atoms with Gasteiger partial charge in [-0.05, 0) is 0 Å². The minimum Gasteiger partial charge on any atom is -0.388 e. The third kappa shape index (κ3) is 1.98. The van der Waals surface area contributed by atoms with Gasteiger partial charge in [-0.3, -0.25) is 0 Å². The molecule has 1 fully saturated rings. The van der Waals surface area contributed by atoms with E-state index in [0.29, 0.717) is 0 Å². The highest BCUT2D eigenvalue weighted by Crippen LogP contribution is 2.20. The van der Waals surface area contributed by atoms with Gasteiger partial charge in [-0.25, -0.2) is 0 Å². The first kappa shape index (κ1) is 10.8. The van der Waals surface area contributed by atoms with Crippen molar-refractivity contribution < 1.29 is 24.8 Å². The Labute approximate surface area is 75.9 Å². The molecule has 1 aliphatic rings. The number of rotatable bonds is 2. The van der Waals surface area contributed by atoms with E-state index in [0.717, 1.165) is 0 Å². The Kier molecular flexibility index (Phi) is 3.60. The van der Waals surface area contributed by atoms with Crippen molar-refractivity contribution in [2.24, 2.45) is 5.73 Å². The molecule has 1 unspecified atom stereocenters. The first-order valence-electron chi connectivity index (χ1n) is 4.04. The van der Waals surface area contributed by atoms with Crippen LogP contribution in [0.5, 0.6) is 0 Å². The van der Waals surface area contributed by atoms with Gasteiger partial charge in [0, 0.05) is 13.7 Å². The second-order valence-electron chi connectivity index (χ2n) is 2.99. The molecule has 0 aliphatic carbocycles. The van der Waals surface area contributed by atoms with Crippen molar-refractivity contribution in [3.63, 3.8) is 0 Å². The van der Waals surface area contributed by atoms with Crippen LogP contribution in [0.25, 0.3) is 0 Å². The lowest BCUT2D eigenvalue weighted by Crippen LogP contribution is -2.59. The van der Waals surface area contributed by atoms with Gasteiger partial charge in [0.1, 0.15) is 24.4 Å². The normalized spacial score (nSPS) is 46.4. The smallest absolute Gasteiger partial charge is 0.186 e. The molecule has 6 nitrogen and oxygen atoms in total. The summed E-state index contributed by atoms with van der Waals surface area (Å²) >= 11 is 0. The Bertz CT molecular complexity index is 147. The molecule has 0 aromatic heterocycles. The number of hydrogen-bond acceptors (Lipinski definition) is 6. The van der Waals surface area contributed by atoms with Gasteiger partial charge in [0.15, 0.2) is 6.29 Å². The van der Waals surface area contributed by atoms with Crippen molar-refractivity contribution in [1.82, 2.24) is 0 Å². The Morgan fingerprint density at radius 2 is 1.85 bits per heavy atom. The molecule has 0 aromatic rings. The minimum atomic E-state index is -1.28. The molecule has 0 spiro atoms. The molecule has 5 N–H and O–H groups in total. The van der Waals surface area contributed by atoms with Crippen molar-refractivity contribution in [1.29, 1.82) is 0 Å². The fourth-order valence-electron chi connectivity index (χ4n) is 1.31. The molecular formula is C7H15NO5. The van der Waals surface area contributed by atoms with Gasteiger partial charge in [-0.2, -0.15) is 0 Å². The van der Waals surface area contributed by atoms with Crippen LogP contribution >= 0.6 is 0 Å². The van der Waals surface area contributed by atoms with E-state index in [1.165, 1.54) is 7.11 Å². The van der Waals surface area contributed by atoms with Crippen molar-refractivity contribution in [3.05, 3.63) is 0 Å². The van der Waals surface area contributed by atoms with Gasteiger partial charge in [0.25, 0.3) is 0 Å². The zero-order valence-corrected chi connectivity index (χ0v) is 7.33. The molecule has 13 heavy (non-hydrogen) atoms. The summed E-state index contributed by atoms with van der Waals surface area (Å²) in [6.07, 6.45) is -5.35. The second kappa shape index (κ2) is 4.32. The summed E-state index contributed by atoms with van der Waals surface area (Å²) in [5.41, 5.74) is 5.28. The van der Waals surface area contributed by atoms with Gasteiger partial charge in [0.2, 0.25) is 0 Å². The zero-order valence-electron chi connectivity index (χ0n) is 7.33. The molecule has 1 heterocycles. The first-order chi connectivity index (χ1) is 6.11. The number of aliphatic hydroxyl groups is 3. The molecule has 6 heteroatoms. The van der Waals surface area contributed by atoms with Crippen LogP contribution in [0.4, 0.5) is 0 Å². The molecule has 1 aliphatic heterocycles. The third-order valence-electron chi connectivity index (χ3n) is 2.13. The van der Waals surface area contributed by atoms with Crippen LogP contribution in [0.1, 0.15) is 0 Å². The Balaban J connectivity index is 2.66. The molecule has 1 saturated heterocycles. The van der Waals surface area contributed by atoms with Gasteiger partial charge in [-0.15, -0.1) is 0 Å². The monoisotopic (exact) mass is 193 g/mol. The summed E-state index contributed by atoms with van der Waals surface area (Å²) in [5.74, 6) is 0. The SMILES string of the molecule is COC1O[C@H](CN)[C@@H](O)[C@H](O)[C@@H]1O. The lowest BCUT2D eigenvalue weighted by Gasteiger charge is -2.39. The molecule has 5 atom stereocenters. The molecule has 0 radical (unpaired) electrons. The fraction of sp³-hybridized carbons (Fsp3) is 1.00. The van der Waals surface area contributed by atoms with Gasteiger partial charge in [0.05, 0.1) is 0 Å². The summed E-state index contributed by atoms with van der Waals surface area (Å²) < 4.78 is 9.83. The molecule has 0 aromatic carbocycles. The van der Waals surface area contributed by atoms with Crippen molar-refractivity contribution in [3.8, 4) is 0 Å². The molecule has 0 bridgehead atoms. The maximum absolute atomic E-state index is 9.35. The fourth-order valence-corrected chi connectivity index (χ4v) is 1.31. The average Bonchev–Trinajstić information content (AvgIpc) is 2.15. The maximum Gasteiger partial charge on any atom is 0.186 e. The van der Waals surface area contributed by atoms with Crippen LogP contribution in [-0.4, -0.2) is 59.7 Å². The summed E-state index contributed by atoms with van der Waals surface area (Å²) in [6, 6.07) is 0. The van der Waals surface area contributed by atoms with E-state index in [1.807, 2.05) is 0 Å². The highest BCUT2D eigenvalue weighted by Gasteiger charge is 2.43. The number of nitrogens with two attached hydrogens (primary N) is 1. The molecule has 0 amide bonds. The Hall–Kier alpha value is -0.240. The first-order valence-corrected chi connectivity index (χ1v) is 4.04. The van der Waals surface area contributed by atoms with Crippen LogP contribution in [0.3, 0.4) is 0 Å². The van der Waals surface area contributed by atoms with Crippen LogP contribution in [0.15, 0.2) is 0 Å². The van der Waals surface area contributed by atoms with Gasteiger partial charge >= 0.3 is 0 Å². The van der Waals surface area contributed by atoms with E-state index in [-0.39, 0.29) is 6.54 Å². The van der Waals surface area contributed by atoms with Crippen LogP contribution in [-0.2, 0) is 9.47 Å². The summed E-state index contributed by atoms with van der Waals surface area (Å²) in [6.45, 7) is 0.0603. The average molecular weight is 193 g/mol. The summed E-state index contributed by atoms with van der Waals surface area (Å²) in [5, 5.41) is 28.0. The number of ether oxygens (including phenoxy) is 2. The quantitative estimate of drug-likeness (QED) is 0.383. The lowest BCUT2D eigenvalue weighted by atomic mass is 9.99. The van der Waals surface area contributed by atoms with E-state index in [4.69, 9.17) is 15.2 Å². The maximum atomic E-state index is 9.35. The second-order valence-corrected chi connectivity index (χ2v) is 2.99. The Morgan fingerprint density at radius 3 is 2.31 bits per heavy atom. The number of methoxy groups -OCH3 is 1. The highest BCUT2D eigenvalue weighted by atomic mass is 16.7. The topological polar surface area (TPSA) is 105 Å². The molecular weight excluding hydrogens is 178 g/mol. The Morgan fingerprint density at radius 1 is 1.23 bits per heavy atom. The van der Waals surface area contributed by atoms with Crippen molar-refractivity contribution in [2.75, 3.05) is 13.7 Å². The minimum absolute atomic E-state index is 0.0603. The molecule has 1 rings (SSSR count). The van der Waals surface area contributed by atoms with Crippen LogP contribution in [0.2, 0.25) is 0 Å². The summed E-state index contributed by atoms with van der Waals surface area (Å²) in [7, 11) is 1.34. The van der Waals surface area contributed by atoms with Crippen molar-refractivity contribution in [2.45, 2.75) is 30.7 Å². The largest absolute Gasteiger partial charge is 0.388 e.